The topological polar surface area (TPSA) is 109 Å². The van der Waals surface area contributed by atoms with E-state index in [-0.39, 0.29) is 23.7 Å². The van der Waals surface area contributed by atoms with Crippen molar-refractivity contribution in [1.82, 2.24) is 16.0 Å². The highest BCUT2D eigenvalue weighted by Crippen LogP contribution is 2.16. The van der Waals surface area contributed by atoms with Gasteiger partial charge in [-0.15, -0.1) is 11.6 Å². The molecule has 0 bridgehead atoms. The van der Waals surface area contributed by atoms with Gasteiger partial charge in [0.05, 0.1) is 11.9 Å². The minimum Gasteiger partial charge on any atom is -0.386 e. The number of amides is 2. The average Bonchev–Trinajstić information content (AvgIpc) is 2.84. The van der Waals surface area contributed by atoms with Gasteiger partial charge in [-0.3, -0.25) is 14.6 Å². The van der Waals surface area contributed by atoms with Crippen LogP contribution >= 0.6 is 11.6 Å². The predicted molar refractivity (Wildman–Crippen MR) is 127 cm³/mol. The van der Waals surface area contributed by atoms with Gasteiger partial charge in [-0.25, -0.2) is 0 Å². The molecule has 0 fully saturated rings. The van der Waals surface area contributed by atoms with E-state index in [0.717, 1.165) is 11.1 Å². The number of halogens is 1. The van der Waals surface area contributed by atoms with E-state index in [4.69, 9.17) is 17.3 Å². The van der Waals surface area contributed by atoms with E-state index in [9.17, 15) is 9.59 Å². The largest absolute Gasteiger partial charge is 0.386 e. The Labute approximate surface area is 193 Å². The van der Waals surface area contributed by atoms with E-state index in [1.54, 1.807) is 0 Å². The Morgan fingerprint density at radius 1 is 1.12 bits per heavy atom. The number of aliphatic imine (C=N–C) groups is 1. The quantitative estimate of drug-likeness (QED) is 0.190. The number of hydrogen-bond acceptors (Lipinski definition) is 4. The molecule has 0 aromatic heterocycles. The maximum absolute atomic E-state index is 13.0. The lowest BCUT2D eigenvalue weighted by Gasteiger charge is -2.27. The summed E-state index contributed by atoms with van der Waals surface area (Å²) in [6.45, 7) is 1.48. The van der Waals surface area contributed by atoms with Crippen molar-refractivity contribution in [3.05, 3.63) is 71.3 Å². The van der Waals surface area contributed by atoms with Gasteiger partial charge in [-0.1, -0.05) is 54.6 Å². The van der Waals surface area contributed by atoms with Crippen LogP contribution in [-0.2, 0) is 29.1 Å². The second-order valence-electron chi connectivity index (χ2n) is 7.82. The van der Waals surface area contributed by atoms with Crippen LogP contribution in [0.4, 0.5) is 0 Å². The van der Waals surface area contributed by atoms with Gasteiger partial charge >= 0.3 is 0 Å². The Hall–Kier alpha value is -2.90. The third-order valence-electron chi connectivity index (χ3n) is 5.44. The van der Waals surface area contributed by atoms with Gasteiger partial charge in [0.25, 0.3) is 0 Å². The zero-order chi connectivity index (χ0) is 22.8. The van der Waals surface area contributed by atoms with E-state index in [1.807, 2.05) is 48.5 Å². The lowest BCUT2D eigenvalue weighted by atomic mass is 9.95. The van der Waals surface area contributed by atoms with Crippen LogP contribution in [0.25, 0.3) is 0 Å². The Kier molecular flexibility index (Phi) is 9.07. The molecule has 0 spiro atoms. The van der Waals surface area contributed by atoms with E-state index < -0.39 is 6.04 Å². The molecule has 8 heteroatoms. The zero-order valence-corrected chi connectivity index (χ0v) is 18.8. The van der Waals surface area contributed by atoms with Crippen molar-refractivity contribution in [1.29, 1.82) is 0 Å². The van der Waals surface area contributed by atoms with Crippen LogP contribution in [0.2, 0.25) is 0 Å². The molecule has 170 valence electrons. The molecule has 2 aromatic rings. The second kappa shape index (κ2) is 12.2. The molecule has 32 heavy (non-hydrogen) atoms. The molecule has 2 aromatic carbocycles. The van der Waals surface area contributed by atoms with Gasteiger partial charge in [-0.05, 0) is 36.0 Å². The summed E-state index contributed by atoms with van der Waals surface area (Å²) in [6.07, 6.45) is 1.65. The third kappa shape index (κ3) is 7.07. The maximum Gasteiger partial charge on any atom is 0.242 e. The Balaban J connectivity index is 1.60. The molecule has 0 radical (unpaired) electrons. The van der Waals surface area contributed by atoms with Crippen LogP contribution in [0.15, 0.2) is 59.6 Å². The van der Waals surface area contributed by atoms with Crippen LogP contribution < -0.4 is 21.7 Å². The molecular weight excluding hydrogens is 426 g/mol. The van der Waals surface area contributed by atoms with E-state index >= 15 is 0 Å². The molecule has 0 saturated heterocycles. The molecule has 1 aliphatic rings. The van der Waals surface area contributed by atoms with Crippen LogP contribution in [0.3, 0.4) is 0 Å². The number of carbonyl (C=O) groups is 2. The molecule has 3 rings (SSSR count). The number of hydrogen-bond donors (Lipinski definition) is 4. The SMILES string of the molecule is NC(CCl)=NCCC[C@H](NC(=O)[C@@H]1Cc2ccccc2CN1)C(=O)NCc1ccccc1. The summed E-state index contributed by atoms with van der Waals surface area (Å²) < 4.78 is 0. The summed E-state index contributed by atoms with van der Waals surface area (Å²) in [5.41, 5.74) is 8.99. The van der Waals surface area contributed by atoms with Crippen LogP contribution in [0.5, 0.6) is 0 Å². The fourth-order valence-corrected chi connectivity index (χ4v) is 3.73. The molecule has 5 N–H and O–H groups in total. The van der Waals surface area contributed by atoms with E-state index in [1.165, 1.54) is 5.56 Å². The summed E-state index contributed by atoms with van der Waals surface area (Å²) in [4.78, 5) is 30.0. The molecule has 1 aliphatic heterocycles. The monoisotopic (exact) mass is 455 g/mol. The average molecular weight is 456 g/mol. The number of carbonyl (C=O) groups excluding carboxylic acids is 2. The van der Waals surface area contributed by atoms with Crippen molar-refractivity contribution in [2.45, 2.75) is 44.4 Å². The highest BCUT2D eigenvalue weighted by atomic mass is 35.5. The van der Waals surface area contributed by atoms with Gasteiger partial charge in [0.1, 0.15) is 11.9 Å². The minimum absolute atomic E-state index is 0.173. The number of nitrogens with zero attached hydrogens (tertiary/aromatic N) is 1. The molecule has 0 saturated carbocycles. The van der Waals surface area contributed by atoms with E-state index in [2.05, 4.69) is 27.0 Å². The smallest absolute Gasteiger partial charge is 0.242 e. The number of nitrogens with two attached hydrogens (primary N) is 1. The molecule has 0 aliphatic carbocycles. The van der Waals surface area contributed by atoms with Crippen molar-refractivity contribution in [2.75, 3.05) is 12.4 Å². The highest BCUT2D eigenvalue weighted by Gasteiger charge is 2.28. The minimum atomic E-state index is -0.655. The molecule has 2 amide bonds. The standard InChI is InChI=1S/C24H30ClN5O2/c25-14-22(26)27-12-6-11-20(23(31)29-15-17-7-2-1-3-8-17)30-24(32)21-13-18-9-4-5-10-19(18)16-28-21/h1-5,7-10,20-21,28H,6,11-16H2,(H2,26,27)(H,29,31)(H,30,32)/t20-,21-/m0/s1. The Morgan fingerprint density at radius 2 is 1.84 bits per heavy atom. The zero-order valence-electron chi connectivity index (χ0n) is 18.0. The molecule has 7 nitrogen and oxygen atoms in total. The lowest BCUT2D eigenvalue weighted by Crippen LogP contribution is -2.54. The lowest BCUT2D eigenvalue weighted by molar-refractivity contribution is -0.130. The summed E-state index contributed by atoms with van der Waals surface area (Å²) in [6, 6.07) is 16.7. The van der Waals surface area contributed by atoms with Crippen molar-refractivity contribution >= 4 is 29.3 Å². The van der Waals surface area contributed by atoms with Gasteiger partial charge < -0.3 is 21.7 Å². The van der Waals surface area contributed by atoms with Gasteiger partial charge in [-0.2, -0.15) is 0 Å². The van der Waals surface area contributed by atoms with Crippen LogP contribution in [0, 0.1) is 0 Å². The van der Waals surface area contributed by atoms with Crippen molar-refractivity contribution < 1.29 is 9.59 Å². The van der Waals surface area contributed by atoms with Crippen molar-refractivity contribution in [3.8, 4) is 0 Å². The second-order valence-corrected chi connectivity index (χ2v) is 8.09. The number of nitrogens with one attached hydrogen (secondary N) is 3. The predicted octanol–water partition coefficient (Wildman–Crippen LogP) is 1.88. The summed E-state index contributed by atoms with van der Waals surface area (Å²) in [7, 11) is 0. The number of rotatable bonds is 10. The summed E-state index contributed by atoms with van der Waals surface area (Å²) in [5.74, 6) is 0.147. The molecule has 0 unspecified atom stereocenters. The number of amidine groups is 1. The fourth-order valence-electron chi connectivity index (χ4n) is 3.65. The Bertz CT molecular complexity index is 935. The molecule has 1 heterocycles. The van der Waals surface area contributed by atoms with Crippen LogP contribution in [0.1, 0.15) is 29.5 Å². The Morgan fingerprint density at radius 3 is 2.59 bits per heavy atom. The number of alkyl halides is 1. The number of fused-ring (bicyclic) bond motifs is 1. The fraction of sp³-hybridized carbons (Fsp3) is 0.375. The van der Waals surface area contributed by atoms with Crippen molar-refractivity contribution in [3.63, 3.8) is 0 Å². The van der Waals surface area contributed by atoms with Gasteiger partial charge in [0.2, 0.25) is 11.8 Å². The summed E-state index contributed by atoms with van der Waals surface area (Å²) >= 11 is 5.65. The normalized spacial score (nSPS) is 16.7. The van der Waals surface area contributed by atoms with Crippen molar-refractivity contribution in [2.24, 2.45) is 10.7 Å². The van der Waals surface area contributed by atoms with Gasteiger partial charge in [0.15, 0.2) is 0 Å². The summed E-state index contributed by atoms with van der Waals surface area (Å²) in [5, 5.41) is 9.13. The first-order chi connectivity index (χ1) is 15.6. The highest BCUT2D eigenvalue weighted by molar-refractivity contribution is 6.27. The third-order valence-corrected chi connectivity index (χ3v) is 5.72. The van der Waals surface area contributed by atoms with Crippen LogP contribution in [-0.4, -0.2) is 42.2 Å². The van der Waals surface area contributed by atoms with Gasteiger partial charge in [0, 0.05) is 19.6 Å². The first-order valence-electron chi connectivity index (χ1n) is 10.8. The first kappa shape index (κ1) is 23.8. The molecular formula is C24H30ClN5O2. The molecule has 2 atom stereocenters. The maximum atomic E-state index is 13.0. The first-order valence-corrected chi connectivity index (χ1v) is 11.4. The van der Waals surface area contributed by atoms with E-state index in [0.29, 0.717) is 44.7 Å². The number of benzene rings is 2.